The van der Waals surface area contributed by atoms with Crippen molar-refractivity contribution < 1.29 is 50.7 Å². The van der Waals surface area contributed by atoms with Crippen molar-refractivity contribution in [3.05, 3.63) is 77.9 Å². The van der Waals surface area contributed by atoms with E-state index in [0.717, 1.165) is 24.1 Å². The number of hydrogen-bond acceptors (Lipinski definition) is 4. The van der Waals surface area contributed by atoms with Gasteiger partial charge in [0.25, 0.3) is 0 Å². The number of rotatable bonds is 3. The van der Waals surface area contributed by atoms with Crippen molar-refractivity contribution in [1.82, 2.24) is 4.98 Å². The molecule has 0 radical (unpaired) electrons. The van der Waals surface area contributed by atoms with Crippen LogP contribution in [-0.2, 0) is 41.9 Å². The molecule has 1 aliphatic heterocycles. The second-order valence-corrected chi connectivity index (χ2v) is 27.2. The smallest absolute Gasteiger partial charge is 0.400 e. The van der Waals surface area contributed by atoms with Crippen LogP contribution < -0.4 is 0 Å². The maximum absolute atomic E-state index is 10.7. The molecule has 2 N–H and O–H groups in total. The van der Waals surface area contributed by atoms with Gasteiger partial charge in [-0.25, -0.2) is 4.98 Å². The van der Waals surface area contributed by atoms with E-state index in [1.807, 2.05) is 0 Å². The number of nitrogens with zero attached hydrogens (tertiary/aromatic N) is 1. The summed E-state index contributed by atoms with van der Waals surface area (Å²) in [5.41, 5.74) is 6.00. The zero-order valence-electron chi connectivity index (χ0n) is 34.4. The molecule has 58 heavy (non-hydrogen) atoms. The van der Waals surface area contributed by atoms with Gasteiger partial charge < -0.3 is 5.11 Å². The van der Waals surface area contributed by atoms with Gasteiger partial charge in [-0.05, 0) is 100 Å². The quantitative estimate of drug-likeness (QED) is 0.118. The van der Waals surface area contributed by atoms with Crippen molar-refractivity contribution in [3.63, 3.8) is 0 Å². The third-order valence-corrected chi connectivity index (χ3v) is 24.4. The standard InChI is InChI=1S/C43H60NP3.CHF3O3S.CH4O.Ru/c1-4-19-37(20-5-1)45-29-15-31-46(38-21-6-2-7-22-38)33-35-17-10-12-25-40(35)42-27-14-28-43(44-42)41-26-13-11-18-36(41)34-47(32-16-30-45)39-23-8-3-9-24-39;2-1(3,4)8(5,6)7;1-2;/h10-14,17-18,25-28,37-39H,1-9,15-16,19-24,29-34H2;(H,5,6,7);2H,1H3;/p+3. The van der Waals surface area contributed by atoms with E-state index in [4.69, 9.17) is 23.1 Å². The average molecular weight is 970 g/mol. The number of pyridine rings is 1. The molecule has 2 atom stereocenters. The van der Waals surface area contributed by atoms with Gasteiger partial charge in [0.05, 0.1) is 65.3 Å². The summed E-state index contributed by atoms with van der Waals surface area (Å²) < 4.78 is 57.5. The predicted octanol–water partition coefficient (Wildman–Crippen LogP) is 12.9. The fourth-order valence-electron chi connectivity index (χ4n) is 10.1. The van der Waals surface area contributed by atoms with Gasteiger partial charge >= 0.3 is 15.6 Å². The average Bonchev–Trinajstić information content (AvgIpc) is 3.23. The maximum atomic E-state index is 10.7. The molecule has 324 valence electrons. The van der Waals surface area contributed by atoms with Crippen LogP contribution in [0.2, 0.25) is 0 Å². The summed E-state index contributed by atoms with van der Waals surface area (Å²) in [6, 6.07) is 25.7. The largest absolute Gasteiger partial charge is 0.522 e. The van der Waals surface area contributed by atoms with Crippen LogP contribution in [0.25, 0.3) is 22.5 Å². The molecule has 5 nitrogen and oxygen atoms in total. The first kappa shape index (κ1) is 49.8. The number of aliphatic hydroxyl groups excluding tert-OH is 1. The molecule has 3 aliphatic carbocycles. The Morgan fingerprint density at radius 3 is 1.22 bits per heavy atom. The third-order valence-electron chi connectivity index (χ3n) is 13.0. The Labute approximate surface area is 363 Å². The molecule has 13 heteroatoms. The summed E-state index contributed by atoms with van der Waals surface area (Å²) in [5.74, 6) is 0. The topological polar surface area (TPSA) is 87.5 Å². The van der Waals surface area contributed by atoms with Gasteiger partial charge in [0, 0.05) is 74.3 Å². The van der Waals surface area contributed by atoms with Crippen LogP contribution in [0, 0.1) is 0 Å². The van der Waals surface area contributed by atoms with Crippen molar-refractivity contribution in [2.75, 3.05) is 31.8 Å². The summed E-state index contributed by atoms with van der Waals surface area (Å²) >= 11 is 0. The van der Waals surface area contributed by atoms with Crippen LogP contribution in [-0.4, -0.2) is 77.3 Å². The van der Waals surface area contributed by atoms with Gasteiger partial charge in [-0.1, -0.05) is 73.9 Å². The van der Waals surface area contributed by atoms with Crippen molar-refractivity contribution in [2.45, 2.75) is 144 Å². The monoisotopic (exact) mass is 970 g/mol. The molecule has 0 saturated heterocycles. The summed E-state index contributed by atoms with van der Waals surface area (Å²) in [5, 5.41) is 7.00. The van der Waals surface area contributed by atoms with Crippen LogP contribution in [0.15, 0.2) is 66.7 Å². The summed E-state index contributed by atoms with van der Waals surface area (Å²) in [7, 11) is -6.02. The molecule has 2 heterocycles. The molecule has 2 bridgehead atoms. The number of benzene rings is 2. The minimum atomic E-state index is -5.84. The number of aromatic nitrogens is 1. The fraction of sp³-hybridized carbons (Fsp3) is 0.622. The minimum Gasteiger partial charge on any atom is -0.400 e. The molecule has 3 fully saturated rings. The van der Waals surface area contributed by atoms with Gasteiger partial charge in [-0.15, -0.1) is 0 Å². The molecular formula is C45H68F3NO4P3RuS+3. The number of halogens is 3. The number of fused-ring (bicyclic) bond motifs is 6. The van der Waals surface area contributed by atoms with Crippen LogP contribution in [0.4, 0.5) is 13.2 Å². The Kier molecular flexibility index (Phi) is 21.7. The first-order chi connectivity index (χ1) is 27.6. The Balaban J connectivity index is 0.000000607. The van der Waals surface area contributed by atoms with Crippen LogP contribution >= 0.6 is 23.8 Å². The van der Waals surface area contributed by atoms with Crippen molar-refractivity contribution in [2.24, 2.45) is 0 Å². The van der Waals surface area contributed by atoms with E-state index in [1.54, 1.807) is 61.5 Å². The zero-order valence-corrected chi connectivity index (χ0v) is 40.0. The molecule has 1 aromatic heterocycles. The fourth-order valence-corrected chi connectivity index (χ4v) is 21.4. The van der Waals surface area contributed by atoms with Crippen molar-refractivity contribution >= 4 is 33.9 Å². The molecule has 4 aliphatic rings. The first-order valence-corrected chi connectivity index (χ1v) is 29.1. The molecule has 0 spiro atoms. The first-order valence-electron chi connectivity index (χ1n) is 21.7. The van der Waals surface area contributed by atoms with E-state index < -0.39 is 31.5 Å². The van der Waals surface area contributed by atoms with Crippen molar-refractivity contribution in [1.29, 1.82) is 0 Å². The second-order valence-electron chi connectivity index (χ2n) is 16.7. The Bertz CT molecular complexity index is 1660. The maximum Gasteiger partial charge on any atom is 0.522 e. The summed E-state index contributed by atoms with van der Waals surface area (Å²) in [6.45, 7) is 0. The van der Waals surface area contributed by atoms with Crippen molar-refractivity contribution in [3.8, 4) is 22.5 Å². The van der Waals surface area contributed by atoms with E-state index >= 15 is 0 Å². The number of alkyl halides is 3. The van der Waals surface area contributed by atoms with Gasteiger partial charge in [-0.2, -0.15) is 21.6 Å². The van der Waals surface area contributed by atoms with E-state index in [1.165, 1.54) is 118 Å². The molecule has 7 rings (SSSR count). The van der Waals surface area contributed by atoms with Gasteiger partial charge in [-0.3, -0.25) is 4.55 Å². The third kappa shape index (κ3) is 14.9. The van der Waals surface area contributed by atoms with E-state index in [-0.39, 0.29) is 27.4 Å². The molecule has 3 aromatic rings. The molecule has 3 saturated carbocycles. The summed E-state index contributed by atoms with van der Waals surface area (Å²) in [6.07, 6.45) is 34.7. The normalized spacial score (nSPS) is 23.4. The Morgan fingerprint density at radius 1 is 0.534 bits per heavy atom. The number of aliphatic hydroxyl groups is 1. The van der Waals surface area contributed by atoms with Gasteiger partial charge in [0.1, 0.15) is 0 Å². The molecule has 2 unspecified atom stereocenters. The van der Waals surface area contributed by atoms with Crippen LogP contribution in [0.3, 0.4) is 0 Å². The van der Waals surface area contributed by atoms with Gasteiger partial charge in [0.15, 0.2) is 0 Å². The van der Waals surface area contributed by atoms with E-state index in [9.17, 15) is 13.2 Å². The zero-order chi connectivity index (χ0) is 40.7. The minimum absolute atomic E-state index is 0. The molecule has 2 aromatic carbocycles. The second kappa shape index (κ2) is 25.3. The number of hydrogen-bond donors (Lipinski definition) is 2. The SMILES string of the molecule is CO.O=S(=O)(O)C(F)(F)F.[Ru].c1cc2nc(c1)-c1ccccc1C[PH+](C1CCCCC1)CCC[PH+](C1CCCCC1)CCC[PH+](C1CCCCC1)Cc1ccccc1-2. The Morgan fingerprint density at radius 2 is 0.862 bits per heavy atom. The molecular weight excluding hydrogens is 902 g/mol. The Hall–Kier alpha value is -0.837. The predicted molar refractivity (Wildman–Crippen MR) is 243 cm³/mol. The summed E-state index contributed by atoms with van der Waals surface area (Å²) in [4.78, 5) is 5.48. The molecule has 0 amide bonds. The van der Waals surface area contributed by atoms with Crippen LogP contribution in [0.1, 0.15) is 120 Å². The van der Waals surface area contributed by atoms with E-state index in [0.29, 0.717) is 0 Å². The van der Waals surface area contributed by atoms with Gasteiger partial charge in [0.2, 0.25) is 0 Å². The van der Waals surface area contributed by atoms with Crippen LogP contribution in [0.5, 0.6) is 0 Å². The van der Waals surface area contributed by atoms with E-state index in [2.05, 4.69) is 66.7 Å².